The third kappa shape index (κ3) is 6.06. The Labute approximate surface area is 185 Å². The van der Waals surface area contributed by atoms with Crippen LogP contribution in [0.15, 0.2) is 34.8 Å². The fourth-order valence-corrected chi connectivity index (χ4v) is 4.69. The number of thiazole rings is 1. The Kier molecular flexibility index (Phi) is 7.87. The first-order valence-electron chi connectivity index (χ1n) is 9.97. The van der Waals surface area contributed by atoms with Gasteiger partial charge < -0.3 is 15.0 Å². The summed E-state index contributed by atoms with van der Waals surface area (Å²) >= 11 is 3.24. The summed E-state index contributed by atoms with van der Waals surface area (Å²) < 4.78 is 7.59. The number of hydrogen-bond acceptors (Lipinski definition) is 7. The summed E-state index contributed by atoms with van der Waals surface area (Å²) in [5, 5.41) is 12.5. The van der Waals surface area contributed by atoms with Crippen molar-refractivity contribution >= 4 is 29.0 Å². The minimum atomic E-state index is -0.326. The van der Waals surface area contributed by atoms with Gasteiger partial charge in [-0.15, -0.1) is 21.5 Å². The predicted molar refractivity (Wildman–Crippen MR) is 121 cm³/mol. The zero-order chi connectivity index (χ0) is 21.5. The van der Waals surface area contributed by atoms with Crippen LogP contribution in [0.5, 0.6) is 5.75 Å². The molecule has 1 amide bonds. The number of nitrogens with zero attached hydrogens (tertiary/aromatic N) is 4. The van der Waals surface area contributed by atoms with Gasteiger partial charge in [0.1, 0.15) is 16.6 Å². The van der Waals surface area contributed by atoms with E-state index in [2.05, 4.69) is 34.0 Å². The zero-order valence-corrected chi connectivity index (χ0v) is 19.1. The molecule has 3 rings (SSSR count). The Morgan fingerprint density at radius 3 is 2.70 bits per heavy atom. The van der Waals surface area contributed by atoms with Gasteiger partial charge in [-0.2, -0.15) is 0 Å². The highest BCUT2D eigenvalue weighted by molar-refractivity contribution is 7.98. The van der Waals surface area contributed by atoms with Crippen molar-refractivity contribution in [1.82, 2.24) is 19.7 Å². The van der Waals surface area contributed by atoms with Crippen LogP contribution in [0.3, 0.4) is 0 Å². The Morgan fingerprint density at radius 2 is 2.03 bits per heavy atom. The molecule has 0 radical (unpaired) electrons. The molecule has 2 N–H and O–H groups in total. The smallest absolute Gasteiger partial charge is 0.217 e. The van der Waals surface area contributed by atoms with E-state index in [4.69, 9.17) is 15.5 Å². The summed E-state index contributed by atoms with van der Waals surface area (Å²) in [4.78, 5) is 15.9. The Hall–Kier alpha value is -2.39. The van der Waals surface area contributed by atoms with E-state index in [0.717, 1.165) is 39.5 Å². The van der Waals surface area contributed by atoms with Gasteiger partial charge in [0.25, 0.3) is 0 Å². The van der Waals surface area contributed by atoms with Crippen LogP contribution < -0.4 is 10.5 Å². The Morgan fingerprint density at radius 1 is 1.27 bits per heavy atom. The first-order valence-corrected chi connectivity index (χ1v) is 11.8. The molecule has 0 fully saturated rings. The molecule has 0 spiro atoms. The van der Waals surface area contributed by atoms with E-state index >= 15 is 0 Å². The van der Waals surface area contributed by atoms with Crippen molar-refractivity contribution in [3.63, 3.8) is 0 Å². The van der Waals surface area contributed by atoms with E-state index in [-0.39, 0.29) is 12.3 Å². The molecule has 1 aromatic carbocycles. The van der Waals surface area contributed by atoms with Crippen molar-refractivity contribution in [3.05, 3.63) is 41.2 Å². The summed E-state index contributed by atoms with van der Waals surface area (Å²) in [5.41, 5.74) is 7.38. The number of rotatable bonds is 11. The monoisotopic (exact) mass is 445 g/mol. The van der Waals surface area contributed by atoms with E-state index < -0.39 is 0 Å². The number of primary amides is 1. The van der Waals surface area contributed by atoms with Gasteiger partial charge in [0.05, 0.1) is 12.3 Å². The van der Waals surface area contributed by atoms with Crippen LogP contribution in [0.2, 0.25) is 0 Å². The van der Waals surface area contributed by atoms with E-state index in [1.165, 1.54) is 0 Å². The maximum Gasteiger partial charge on any atom is 0.217 e. The molecule has 3 aromatic rings. The second-order valence-corrected chi connectivity index (χ2v) is 9.06. The number of aromatic nitrogens is 4. The third-order valence-electron chi connectivity index (χ3n) is 4.25. The van der Waals surface area contributed by atoms with Crippen molar-refractivity contribution in [3.8, 4) is 16.3 Å². The minimum absolute atomic E-state index is 0.276. The second-order valence-electron chi connectivity index (χ2n) is 7.26. The SMILES string of the molecule is CCOc1ccc(-c2nc(CSc3nnc(CCC(N)=O)n3CC(C)C)cs2)cc1. The van der Waals surface area contributed by atoms with Crippen molar-refractivity contribution in [2.75, 3.05) is 6.61 Å². The summed E-state index contributed by atoms with van der Waals surface area (Å²) in [6.45, 7) is 7.73. The summed E-state index contributed by atoms with van der Waals surface area (Å²) in [7, 11) is 0. The van der Waals surface area contributed by atoms with Crippen LogP contribution in [-0.4, -0.2) is 32.3 Å². The number of carbonyl (C=O) groups excluding carboxylic acids is 1. The quantitative estimate of drug-likeness (QED) is 0.445. The lowest BCUT2D eigenvalue weighted by Gasteiger charge is -2.11. The molecule has 0 aliphatic rings. The number of amides is 1. The van der Waals surface area contributed by atoms with Gasteiger partial charge in [0.15, 0.2) is 5.16 Å². The van der Waals surface area contributed by atoms with Crippen LogP contribution in [0.1, 0.15) is 38.7 Å². The fourth-order valence-electron chi connectivity index (χ4n) is 2.90. The van der Waals surface area contributed by atoms with Crippen LogP contribution in [0.4, 0.5) is 0 Å². The molecule has 0 saturated heterocycles. The molecule has 0 unspecified atom stereocenters. The fraction of sp³-hybridized carbons (Fsp3) is 0.429. The number of nitrogens with two attached hydrogens (primary N) is 1. The van der Waals surface area contributed by atoms with Crippen LogP contribution in [0, 0.1) is 5.92 Å². The summed E-state index contributed by atoms with van der Waals surface area (Å²) in [5.74, 6) is 2.49. The van der Waals surface area contributed by atoms with E-state index in [9.17, 15) is 4.79 Å². The average Bonchev–Trinajstić information content (AvgIpc) is 3.32. The topological polar surface area (TPSA) is 95.9 Å². The van der Waals surface area contributed by atoms with Gasteiger partial charge in [-0.3, -0.25) is 4.79 Å². The van der Waals surface area contributed by atoms with Gasteiger partial charge in [-0.25, -0.2) is 4.98 Å². The van der Waals surface area contributed by atoms with Gasteiger partial charge in [0, 0.05) is 36.1 Å². The molecule has 0 atom stereocenters. The van der Waals surface area contributed by atoms with E-state index in [1.54, 1.807) is 23.1 Å². The highest BCUT2D eigenvalue weighted by Gasteiger charge is 2.15. The highest BCUT2D eigenvalue weighted by atomic mass is 32.2. The maximum atomic E-state index is 11.1. The Balaban J connectivity index is 1.67. The molecule has 2 aromatic heterocycles. The van der Waals surface area contributed by atoms with Crippen molar-refractivity contribution < 1.29 is 9.53 Å². The molecule has 9 heteroatoms. The van der Waals surface area contributed by atoms with Crippen molar-refractivity contribution in [2.24, 2.45) is 11.7 Å². The minimum Gasteiger partial charge on any atom is -0.494 e. The lowest BCUT2D eigenvalue weighted by molar-refractivity contribution is -0.118. The molecule has 160 valence electrons. The van der Waals surface area contributed by atoms with Gasteiger partial charge in [-0.05, 0) is 37.1 Å². The molecule has 0 bridgehead atoms. The second kappa shape index (κ2) is 10.6. The largest absolute Gasteiger partial charge is 0.494 e. The zero-order valence-electron chi connectivity index (χ0n) is 17.5. The number of ether oxygens (including phenoxy) is 1. The van der Waals surface area contributed by atoms with Crippen LogP contribution >= 0.6 is 23.1 Å². The summed E-state index contributed by atoms with van der Waals surface area (Å²) in [6.07, 6.45) is 0.784. The molecule has 30 heavy (non-hydrogen) atoms. The molecular formula is C21H27N5O2S2. The number of benzene rings is 1. The van der Waals surface area contributed by atoms with E-state index in [0.29, 0.717) is 24.7 Å². The standard InChI is InChI=1S/C21H27N5O2S2/c1-4-28-17-7-5-15(6-8-17)20-23-16(12-29-20)13-30-21-25-24-19(10-9-18(22)27)26(21)11-14(2)3/h5-8,12,14H,4,9-11,13H2,1-3H3,(H2,22,27). The summed E-state index contributed by atoms with van der Waals surface area (Å²) in [6, 6.07) is 8.00. The third-order valence-corrected chi connectivity index (χ3v) is 6.19. The molecule has 0 saturated carbocycles. The number of hydrogen-bond donors (Lipinski definition) is 1. The van der Waals surface area contributed by atoms with Gasteiger partial charge >= 0.3 is 0 Å². The maximum absolute atomic E-state index is 11.1. The number of thioether (sulfide) groups is 1. The molecular weight excluding hydrogens is 418 g/mol. The average molecular weight is 446 g/mol. The predicted octanol–water partition coefficient (Wildman–Crippen LogP) is 4.17. The molecule has 2 heterocycles. The van der Waals surface area contributed by atoms with Crippen LogP contribution in [0.25, 0.3) is 10.6 Å². The molecule has 0 aliphatic carbocycles. The number of aryl methyl sites for hydroxylation is 1. The first-order chi connectivity index (χ1) is 14.5. The van der Waals surface area contributed by atoms with Gasteiger partial charge in [-0.1, -0.05) is 25.6 Å². The number of carbonyl (C=O) groups is 1. The molecule has 7 nitrogen and oxygen atoms in total. The van der Waals surface area contributed by atoms with Crippen molar-refractivity contribution in [2.45, 2.75) is 51.1 Å². The normalized spacial score (nSPS) is 11.2. The lowest BCUT2D eigenvalue weighted by Crippen LogP contribution is -2.15. The molecule has 0 aliphatic heterocycles. The first kappa shape index (κ1) is 22.3. The van der Waals surface area contributed by atoms with Crippen LogP contribution in [-0.2, 0) is 23.5 Å². The Bertz CT molecular complexity index is 966. The lowest BCUT2D eigenvalue weighted by atomic mass is 10.2. The van der Waals surface area contributed by atoms with Gasteiger partial charge in [0.2, 0.25) is 5.91 Å². The van der Waals surface area contributed by atoms with E-state index in [1.807, 2.05) is 31.2 Å². The van der Waals surface area contributed by atoms with Crippen molar-refractivity contribution in [1.29, 1.82) is 0 Å². The highest BCUT2D eigenvalue weighted by Crippen LogP contribution is 2.29.